The molecule has 0 spiro atoms. The highest BCUT2D eigenvalue weighted by Gasteiger charge is 2.06. The van der Waals surface area contributed by atoms with Gasteiger partial charge in [-0.25, -0.2) is 4.79 Å². The van der Waals surface area contributed by atoms with Gasteiger partial charge in [-0.2, -0.15) is 0 Å². The van der Waals surface area contributed by atoms with Crippen LogP contribution < -0.4 is 21.7 Å². The fourth-order valence-corrected chi connectivity index (χ4v) is 2.94. The summed E-state index contributed by atoms with van der Waals surface area (Å²) in [5.74, 6) is 0.635. The summed E-state index contributed by atoms with van der Waals surface area (Å²) in [5.41, 5.74) is 4.83. The molecule has 3 rings (SSSR count). The normalized spacial score (nSPS) is 10.7. The predicted octanol–water partition coefficient (Wildman–Crippen LogP) is 1.14. The van der Waals surface area contributed by atoms with Gasteiger partial charge in [-0.15, -0.1) is 11.3 Å². The van der Waals surface area contributed by atoms with Crippen molar-refractivity contribution in [3.63, 3.8) is 0 Å². The molecule has 0 atom stereocenters. The van der Waals surface area contributed by atoms with E-state index in [-0.39, 0.29) is 12.4 Å². The van der Waals surface area contributed by atoms with E-state index in [4.69, 9.17) is 15.9 Å². The molecule has 112 valence electrons. The van der Waals surface area contributed by atoms with Crippen LogP contribution in [0.1, 0.15) is 10.6 Å². The molecule has 22 heavy (non-hydrogen) atoms. The molecule has 0 aliphatic carbocycles. The summed E-state index contributed by atoms with van der Waals surface area (Å²) in [6.07, 6.45) is 0. The third kappa shape index (κ3) is 2.91. The average Bonchev–Trinajstić information content (AvgIpc) is 2.87. The highest BCUT2D eigenvalue weighted by molar-refractivity contribution is 7.20. The van der Waals surface area contributed by atoms with E-state index in [1.54, 1.807) is 6.07 Å². The van der Waals surface area contributed by atoms with Crippen LogP contribution in [0.15, 0.2) is 39.9 Å². The summed E-state index contributed by atoms with van der Waals surface area (Å²) in [5, 5.41) is 8.42. The number of nitrogen functional groups attached to an aromatic ring is 1. The lowest BCUT2D eigenvalue weighted by Gasteiger charge is -2.05. The number of nitrogens with one attached hydrogen (secondary N) is 3. The summed E-state index contributed by atoms with van der Waals surface area (Å²) in [6, 6.07) is 8.61. The van der Waals surface area contributed by atoms with Crippen LogP contribution in [-0.4, -0.2) is 15.8 Å². The SMILES string of the molecule is N=C(N)c1cc2ccc(OCc3cc(=O)[nH]c(=O)[nH]3)cc2s1. The molecule has 7 nitrogen and oxygen atoms in total. The number of aromatic nitrogens is 2. The van der Waals surface area contributed by atoms with Gasteiger partial charge < -0.3 is 15.5 Å². The van der Waals surface area contributed by atoms with Crippen molar-refractivity contribution in [2.24, 2.45) is 5.73 Å². The van der Waals surface area contributed by atoms with Crippen molar-refractivity contribution < 1.29 is 4.74 Å². The molecule has 1 aromatic carbocycles. The first-order valence-corrected chi connectivity index (χ1v) is 7.16. The molecule has 0 fully saturated rings. The molecule has 2 aromatic heterocycles. The summed E-state index contributed by atoms with van der Waals surface area (Å²) < 4.78 is 6.53. The zero-order valence-electron chi connectivity index (χ0n) is 11.3. The van der Waals surface area contributed by atoms with E-state index in [0.29, 0.717) is 16.3 Å². The predicted molar refractivity (Wildman–Crippen MR) is 84.9 cm³/mol. The van der Waals surface area contributed by atoms with Crippen molar-refractivity contribution in [1.29, 1.82) is 5.41 Å². The molecule has 0 bridgehead atoms. The van der Waals surface area contributed by atoms with E-state index in [2.05, 4.69) is 9.97 Å². The maximum absolute atomic E-state index is 11.2. The smallest absolute Gasteiger partial charge is 0.326 e. The Hall–Kier alpha value is -2.87. The number of rotatable bonds is 4. The molecule has 0 saturated heterocycles. The van der Waals surface area contributed by atoms with Crippen LogP contribution in [0.3, 0.4) is 0 Å². The molecule has 2 heterocycles. The first kappa shape index (κ1) is 14.1. The monoisotopic (exact) mass is 316 g/mol. The molecule has 0 saturated carbocycles. The van der Waals surface area contributed by atoms with Gasteiger partial charge in [0.05, 0.1) is 10.6 Å². The second kappa shape index (κ2) is 5.49. The van der Waals surface area contributed by atoms with Crippen LogP contribution in [0.2, 0.25) is 0 Å². The zero-order valence-corrected chi connectivity index (χ0v) is 12.1. The molecule has 0 aliphatic heterocycles. The highest BCUT2D eigenvalue weighted by Crippen LogP contribution is 2.29. The molecular formula is C14H12N4O3S. The van der Waals surface area contributed by atoms with Crippen molar-refractivity contribution in [2.45, 2.75) is 6.61 Å². The maximum atomic E-state index is 11.2. The third-order valence-corrected chi connectivity index (χ3v) is 4.10. The zero-order chi connectivity index (χ0) is 15.7. The van der Waals surface area contributed by atoms with Crippen molar-refractivity contribution in [2.75, 3.05) is 0 Å². The third-order valence-electron chi connectivity index (χ3n) is 2.97. The number of benzene rings is 1. The van der Waals surface area contributed by atoms with E-state index in [1.165, 1.54) is 17.4 Å². The lowest BCUT2D eigenvalue weighted by molar-refractivity contribution is 0.301. The lowest BCUT2D eigenvalue weighted by Crippen LogP contribution is -2.23. The van der Waals surface area contributed by atoms with Gasteiger partial charge in [-0.1, -0.05) is 0 Å². The van der Waals surface area contributed by atoms with Crippen LogP contribution in [0, 0.1) is 5.41 Å². The minimum absolute atomic E-state index is 0.0322. The standard InChI is InChI=1S/C14H12N4O3S/c15-13(16)11-3-7-1-2-9(5-10(7)22-11)21-6-8-4-12(19)18-14(20)17-8/h1-5H,6H2,(H3,15,16)(H2,17,18,19,20). The van der Waals surface area contributed by atoms with Crippen LogP contribution in [-0.2, 0) is 6.61 Å². The Labute approximate surface area is 127 Å². The Morgan fingerprint density at radius 3 is 2.77 bits per heavy atom. The van der Waals surface area contributed by atoms with Gasteiger partial charge in [0.25, 0.3) is 5.56 Å². The van der Waals surface area contributed by atoms with Crippen LogP contribution >= 0.6 is 11.3 Å². The molecule has 5 N–H and O–H groups in total. The fraction of sp³-hybridized carbons (Fsp3) is 0.0714. The first-order valence-electron chi connectivity index (χ1n) is 6.34. The number of aromatic amines is 2. The Bertz CT molecular complexity index is 942. The molecule has 0 aliphatic rings. The number of nitrogens with two attached hydrogens (primary N) is 1. The van der Waals surface area contributed by atoms with Gasteiger partial charge in [0.15, 0.2) is 0 Å². The van der Waals surface area contributed by atoms with E-state index in [0.717, 1.165) is 10.1 Å². The molecule has 0 radical (unpaired) electrons. The number of amidine groups is 1. The summed E-state index contributed by atoms with van der Waals surface area (Å²) in [6.45, 7) is 0.0790. The molecule has 8 heteroatoms. The Balaban J connectivity index is 1.83. The van der Waals surface area contributed by atoms with E-state index >= 15 is 0 Å². The van der Waals surface area contributed by atoms with Crippen LogP contribution in [0.25, 0.3) is 10.1 Å². The topological polar surface area (TPSA) is 125 Å². The van der Waals surface area contributed by atoms with Crippen molar-refractivity contribution >= 4 is 27.3 Å². The van der Waals surface area contributed by atoms with Crippen LogP contribution in [0.5, 0.6) is 5.75 Å². The minimum atomic E-state index is -0.564. The number of hydrogen-bond donors (Lipinski definition) is 4. The number of hydrogen-bond acceptors (Lipinski definition) is 5. The minimum Gasteiger partial charge on any atom is -0.487 e. The Morgan fingerprint density at radius 2 is 2.05 bits per heavy atom. The number of fused-ring (bicyclic) bond motifs is 1. The van der Waals surface area contributed by atoms with E-state index < -0.39 is 11.2 Å². The molecule has 3 aromatic rings. The average molecular weight is 316 g/mol. The van der Waals surface area contributed by atoms with Gasteiger partial charge in [0.2, 0.25) is 0 Å². The molecular weight excluding hydrogens is 304 g/mol. The van der Waals surface area contributed by atoms with Gasteiger partial charge in [0.1, 0.15) is 18.2 Å². The van der Waals surface area contributed by atoms with E-state index in [9.17, 15) is 9.59 Å². The first-order chi connectivity index (χ1) is 10.5. The summed E-state index contributed by atoms with van der Waals surface area (Å²) in [4.78, 5) is 27.7. The Morgan fingerprint density at radius 1 is 1.23 bits per heavy atom. The maximum Gasteiger partial charge on any atom is 0.326 e. The second-order valence-corrected chi connectivity index (χ2v) is 5.71. The van der Waals surface area contributed by atoms with Crippen LogP contribution in [0.4, 0.5) is 0 Å². The Kier molecular flexibility index (Phi) is 3.51. The number of thiophene rings is 1. The van der Waals surface area contributed by atoms with Gasteiger partial charge >= 0.3 is 5.69 Å². The summed E-state index contributed by atoms with van der Waals surface area (Å²) >= 11 is 1.40. The fourth-order valence-electron chi connectivity index (χ4n) is 1.99. The lowest BCUT2D eigenvalue weighted by atomic mass is 10.2. The second-order valence-electron chi connectivity index (χ2n) is 4.63. The van der Waals surface area contributed by atoms with Gasteiger partial charge in [-0.3, -0.25) is 15.2 Å². The quantitative estimate of drug-likeness (QED) is 0.425. The summed E-state index contributed by atoms with van der Waals surface area (Å²) in [7, 11) is 0. The van der Waals surface area contributed by atoms with E-state index in [1.807, 2.05) is 18.2 Å². The highest BCUT2D eigenvalue weighted by atomic mass is 32.1. The van der Waals surface area contributed by atoms with Gasteiger partial charge in [0, 0.05) is 10.8 Å². The number of H-pyrrole nitrogens is 2. The number of ether oxygens (including phenoxy) is 1. The van der Waals surface area contributed by atoms with Crippen molar-refractivity contribution in [1.82, 2.24) is 9.97 Å². The van der Waals surface area contributed by atoms with Crippen molar-refractivity contribution in [3.8, 4) is 5.75 Å². The molecule has 0 unspecified atom stereocenters. The van der Waals surface area contributed by atoms with Crippen molar-refractivity contribution in [3.05, 3.63) is 61.7 Å². The largest absolute Gasteiger partial charge is 0.487 e. The molecule has 0 amide bonds. The van der Waals surface area contributed by atoms with Gasteiger partial charge in [-0.05, 0) is 29.7 Å².